The fourth-order valence-electron chi connectivity index (χ4n) is 1.82. The first-order valence-corrected chi connectivity index (χ1v) is 7.30. The van der Waals surface area contributed by atoms with Gasteiger partial charge in [0, 0.05) is 6.54 Å². The van der Waals surface area contributed by atoms with Gasteiger partial charge >= 0.3 is 6.03 Å². The van der Waals surface area contributed by atoms with Crippen LogP contribution in [0.5, 0.6) is 5.75 Å². The van der Waals surface area contributed by atoms with Crippen LogP contribution >= 0.6 is 0 Å². The summed E-state index contributed by atoms with van der Waals surface area (Å²) >= 11 is 0. The van der Waals surface area contributed by atoms with E-state index in [-0.39, 0.29) is 12.3 Å². The number of rotatable bonds is 6. The Morgan fingerprint density at radius 2 is 1.83 bits per heavy atom. The molecule has 0 atom stereocenters. The third-order valence-corrected chi connectivity index (χ3v) is 2.98. The van der Waals surface area contributed by atoms with Gasteiger partial charge in [0.1, 0.15) is 12.3 Å². The normalized spacial score (nSPS) is 10.3. The highest BCUT2D eigenvalue weighted by atomic mass is 16.3. The molecule has 0 bridgehead atoms. The number of carbonyl (C=O) groups is 2. The number of nitrogens with zero attached hydrogens (tertiary/aromatic N) is 1. The quantitative estimate of drug-likeness (QED) is 0.476. The molecule has 2 rings (SSSR count). The maximum atomic E-state index is 11.6. The van der Waals surface area contributed by atoms with Crippen molar-refractivity contribution >= 4 is 18.2 Å². The van der Waals surface area contributed by atoms with E-state index in [1.807, 2.05) is 30.3 Å². The summed E-state index contributed by atoms with van der Waals surface area (Å²) < 4.78 is 0. The zero-order valence-corrected chi connectivity index (χ0v) is 12.9. The van der Waals surface area contributed by atoms with E-state index in [1.54, 1.807) is 12.1 Å². The summed E-state index contributed by atoms with van der Waals surface area (Å²) in [5.41, 5.74) is 3.89. The SMILES string of the molecule is O=C(CNC(=O)NCc1ccccc1)N/N=C/c1cccc(O)c1. The highest BCUT2D eigenvalue weighted by molar-refractivity contribution is 5.85. The number of phenolic OH excluding ortho intramolecular Hbond substituents is 1. The average molecular weight is 326 g/mol. The number of amides is 3. The van der Waals surface area contributed by atoms with Crippen LogP contribution in [0.15, 0.2) is 59.7 Å². The van der Waals surface area contributed by atoms with Crippen LogP contribution in [0.1, 0.15) is 11.1 Å². The molecule has 2 aromatic carbocycles. The second-order valence-corrected chi connectivity index (χ2v) is 4.91. The Kier molecular flexibility index (Phi) is 6.34. The van der Waals surface area contributed by atoms with E-state index in [1.165, 1.54) is 18.3 Å². The minimum Gasteiger partial charge on any atom is -0.508 e. The molecule has 0 aliphatic heterocycles. The van der Waals surface area contributed by atoms with Crippen molar-refractivity contribution in [3.05, 3.63) is 65.7 Å². The molecule has 0 heterocycles. The van der Waals surface area contributed by atoms with Crippen LogP contribution in [0.25, 0.3) is 0 Å². The van der Waals surface area contributed by atoms with Gasteiger partial charge in [-0.1, -0.05) is 42.5 Å². The molecule has 4 N–H and O–H groups in total. The van der Waals surface area contributed by atoms with Crippen LogP contribution < -0.4 is 16.1 Å². The molecule has 0 aliphatic rings. The maximum absolute atomic E-state index is 11.6. The molecule has 0 saturated heterocycles. The Balaban J connectivity index is 1.66. The monoisotopic (exact) mass is 326 g/mol. The van der Waals surface area contributed by atoms with E-state index in [4.69, 9.17) is 0 Å². The van der Waals surface area contributed by atoms with Gasteiger partial charge in [0.15, 0.2) is 0 Å². The molecule has 0 aromatic heterocycles. The molecule has 0 unspecified atom stereocenters. The van der Waals surface area contributed by atoms with Crippen molar-refractivity contribution in [3.8, 4) is 5.75 Å². The van der Waals surface area contributed by atoms with Crippen LogP contribution in [0.3, 0.4) is 0 Å². The van der Waals surface area contributed by atoms with Crippen molar-refractivity contribution in [2.24, 2.45) is 5.10 Å². The van der Waals surface area contributed by atoms with Crippen molar-refractivity contribution in [3.63, 3.8) is 0 Å². The second-order valence-electron chi connectivity index (χ2n) is 4.91. The van der Waals surface area contributed by atoms with Crippen LogP contribution in [0, 0.1) is 0 Å². The van der Waals surface area contributed by atoms with Crippen molar-refractivity contribution in [2.45, 2.75) is 6.54 Å². The molecule has 2 aromatic rings. The predicted octanol–water partition coefficient (Wildman–Crippen LogP) is 1.34. The first-order chi connectivity index (χ1) is 11.6. The van der Waals surface area contributed by atoms with E-state index in [0.29, 0.717) is 12.1 Å². The van der Waals surface area contributed by atoms with Crippen molar-refractivity contribution in [2.75, 3.05) is 6.54 Å². The van der Waals surface area contributed by atoms with E-state index in [0.717, 1.165) is 5.56 Å². The van der Waals surface area contributed by atoms with Crippen molar-refractivity contribution in [1.29, 1.82) is 0 Å². The number of phenols is 1. The molecule has 0 radical (unpaired) electrons. The molecule has 0 saturated carbocycles. The lowest BCUT2D eigenvalue weighted by atomic mass is 10.2. The number of hydrazone groups is 1. The third kappa shape index (κ3) is 6.18. The van der Waals surface area contributed by atoms with E-state index < -0.39 is 11.9 Å². The summed E-state index contributed by atoms with van der Waals surface area (Å²) in [7, 11) is 0. The summed E-state index contributed by atoms with van der Waals surface area (Å²) in [6, 6.07) is 15.4. The van der Waals surface area contributed by atoms with E-state index >= 15 is 0 Å². The van der Waals surface area contributed by atoms with Gasteiger partial charge in [0.2, 0.25) is 0 Å². The van der Waals surface area contributed by atoms with Crippen molar-refractivity contribution in [1.82, 2.24) is 16.1 Å². The zero-order chi connectivity index (χ0) is 17.2. The standard InChI is InChI=1S/C17H18N4O3/c22-15-8-4-7-14(9-15)11-20-21-16(23)12-19-17(24)18-10-13-5-2-1-3-6-13/h1-9,11,22H,10,12H2,(H,21,23)(H2,18,19,24)/b20-11+. The summed E-state index contributed by atoms with van der Waals surface area (Å²) in [6.45, 7) is 0.182. The van der Waals surface area contributed by atoms with Crippen LogP contribution in [-0.2, 0) is 11.3 Å². The minimum absolute atomic E-state index is 0.113. The fourth-order valence-corrected chi connectivity index (χ4v) is 1.82. The number of hydrogen-bond acceptors (Lipinski definition) is 4. The minimum atomic E-state index is -0.457. The van der Waals surface area contributed by atoms with Gasteiger partial charge in [-0.15, -0.1) is 0 Å². The summed E-state index contributed by atoms with van der Waals surface area (Å²) in [5, 5.41) is 18.1. The number of hydrogen-bond donors (Lipinski definition) is 4. The van der Waals surface area contributed by atoms with Gasteiger partial charge in [0.25, 0.3) is 5.91 Å². The first-order valence-electron chi connectivity index (χ1n) is 7.30. The van der Waals surface area contributed by atoms with E-state index in [2.05, 4.69) is 21.2 Å². The van der Waals surface area contributed by atoms with Gasteiger partial charge in [-0.05, 0) is 23.3 Å². The number of urea groups is 1. The van der Waals surface area contributed by atoms with Gasteiger partial charge in [-0.3, -0.25) is 4.79 Å². The van der Waals surface area contributed by atoms with Gasteiger partial charge in [0.05, 0.1) is 6.21 Å². The number of benzene rings is 2. The fraction of sp³-hybridized carbons (Fsp3) is 0.118. The number of aromatic hydroxyl groups is 1. The maximum Gasteiger partial charge on any atom is 0.315 e. The van der Waals surface area contributed by atoms with Crippen molar-refractivity contribution < 1.29 is 14.7 Å². The lowest BCUT2D eigenvalue weighted by molar-refractivity contribution is -0.120. The molecular weight excluding hydrogens is 308 g/mol. The Bertz CT molecular complexity index is 717. The predicted molar refractivity (Wildman–Crippen MR) is 90.5 cm³/mol. The molecule has 0 aliphatic carbocycles. The molecule has 3 amide bonds. The highest BCUT2D eigenvalue weighted by Crippen LogP contribution is 2.08. The molecule has 7 nitrogen and oxygen atoms in total. The van der Waals surface area contributed by atoms with Gasteiger partial charge < -0.3 is 15.7 Å². The topological polar surface area (TPSA) is 103 Å². The zero-order valence-electron chi connectivity index (χ0n) is 12.9. The average Bonchev–Trinajstić information content (AvgIpc) is 2.59. The molecule has 24 heavy (non-hydrogen) atoms. The molecule has 0 fully saturated rings. The van der Waals surface area contributed by atoms with Crippen LogP contribution in [0.4, 0.5) is 4.79 Å². The Morgan fingerprint density at radius 1 is 1.04 bits per heavy atom. The molecular formula is C17H18N4O3. The van der Waals surface area contributed by atoms with Gasteiger partial charge in [-0.25, -0.2) is 10.2 Å². The number of carbonyl (C=O) groups excluding carboxylic acids is 2. The third-order valence-electron chi connectivity index (χ3n) is 2.98. The number of nitrogens with one attached hydrogen (secondary N) is 3. The summed E-state index contributed by atoms with van der Waals surface area (Å²) in [6.07, 6.45) is 1.40. The lowest BCUT2D eigenvalue weighted by Gasteiger charge is -2.06. The Hall–Kier alpha value is -3.35. The van der Waals surface area contributed by atoms with Crippen LogP contribution in [0.2, 0.25) is 0 Å². The molecule has 124 valence electrons. The summed E-state index contributed by atoms with van der Waals surface area (Å²) in [5.74, 6) is -0.344. The molecule has 7 heteroatoms. The second kappa shape index (κ2) is 8.94. The smallest absolute Gasteiger partial charge is 0.315 e. The Morgan fingerprint density at radius 3 is 2.58 bits per heavy atom. The first kappa shape index (κ1) is 17.0. The Labute approximate surface area is 139 Å². The van der Waals surface area contributed by atoms with Gasteiger partial charge in [-0.2, -0.15) is 5.10 Å². The van der Waals surface area contributed by atoms with Crippen LogP contribution in [-0.4, -0.2) is 29.8 Å². The highest BCUT2D eigenvalue weighted by Gasteiger charge is 2.04. The lowest BCUT2D eigenvalue weighted by Crippen LogP contribution is -2.40. The molecule has 0 spiro atoms. The summed E-state index contributed by atoms with van der Waals surface area (Å²) in [4.78, 5) is 23.1. The van der Waals surface area contributed by atoms with E-state index in [9.17, 15) is 14.7 Å². The largest absolute Gasteiger partial charge is 0.508 e.